The summed E-state index contributed by atoms with van der Waals surface area (Å²) < 4.78 is 38.7. The lowest BCUT2D eigenvalue weighted by molar-refractivity contribution is -0.276. The monoisotopic (exact) mass is 349 g/mol. The summed E-state index contributed by atoms with van der Waals surface area (Å²) in [5, 5.41) is 8.58. The quantitative estimate of drug-likeness (QED) is 0.795. The molecule has 0 aliphatic heterocycles. The van der Waals surface area contributed by atoms with E-state index in [4.69, 9.17) is 5.11 Å². The van der Waals surface area contributed by atoms with E-state index in [0.717, 1.165) is 6.07 Å². The molecule has 88 valence electrons. The molecule has 0 unspecified atom stereocenters. The van der Waals surface area contributed by atoms with E-state index in [1.54, 1.807) is 4.98 Å². The van der Waals surface area contributed by atoms with Gasteiger partial charge in [-0.3, -0.25) is 9.78 Å². The van der Waals surface area contributed by atoms with Crippen molar-refractivity contribution in [2.75, 3.05) is 0 Å². The lowest BCUT2D eigenvalue weighted by Gasteiger charge is -2.08. The maximum absolute atomic E-state index is 11.8. The van der Waals surface area contributed by atoms with Gasteiger partial charge in [0, 0.05) is 9.64 Å². The number of rotatable bonds is 2. The number of hydrogen-bond donors (Lipinski definition) is 2. The number of carboxylic acids is 1. The third-order valence-corrected chi connectivity index (χ3v) is 2.25. The number of H-pyrrole nitrogens is 1. The molecule has 5 nitrogen and oxygen atoms in total. The molecule has 0 atom stereocenters. The fourth-order valence-corrected chi connectivity index (χ4v) is 1.64. The first-order valence-corrected chi connectivity index (χ1v) is 4.70. The van der Waals surface area contributed by atoms with Crippen molar-refractivity contribution < 1.29 is 27.8 Å². The minimum atomic E-state index is -4.95. The topological polar surface area (TPSA) is 79.4 Å². The molecule has 0 saturated carbocycles. The molecule has 1 aromatic heterocycles. The van der Waals surface area contributed by atoms with Gasteiger partial charge >= 0.3 is 12.3 Å². The van der Waals surface area contributed by atoms with Gasteiger partial charge in [-0.25, -0.2) is 4.79 Å². The molecule has 0 aromatic carbocycles. The van der Waals surface area contributed by atoms with Crippen LogP contribution in [0.5, 0.6) is 5.88 Å². The third-order valence-electron chi connectivity index (χ3n) is 1.40. The van der Waals surface area contributed by atoms with Crippen LogP contribution in [0, 0.1) is 3.57 Å². The van der Waals surface area contributed by atoms with Gasteiger partial charge in [0.1, 0.15) is 5.56 Å². The van der Waals surface area contributed by atoms with Crippen LogP contribution in [0.3, 0.4) is 0 Å². The van der Waals surface area contributed by atoms with Crippen LogP contribution in [-0.4, -0.2) is 22.4 Å². The van der Waals surface area contributed by atoms with Crippen molar-refractivity contribution in [2.45, 2.75) is 6.36 Å². The van der Waals surface area contributed by atoms with E-state index < -0.39 is 29.3 Å². The number of carbonyl (C=O) groups is 1. The largest absolute Gasteiger partial charge is 0.574 e. The van der Waals surface area contributed by atoms with Crippen molar-refractivity contribution in [1.82, 2.24) is 4.98 Å². The van der Waals surface area contributed by atoms with Crippen LogP contribution in [0.4, 0.5) is 13.2 Å². The molecule has 0 amide bonds. The smallest absolute Gasteiger partial charge is 0.477 e. The van der Waals surface area contributed by atoms with Crippen LogP contribution in [0.15, 0.2) is 10.9 Å². The van der Waals surface area contributed by atoms with Crippen molar-refractivity contribution in [2.24, 2.45) is 0 Å². The molecule has 0 aliphatic rings. The standard InChI is InChI=1S/C7H3F3INO4/c8-7(9,10)16-3-1-2(11)4(6(14)15)5(13)12-3/h1H,(H,12,13)(H,14,15). The maximum Gasteiger partial charge on any atom is 0.574 e. The molecule has 1 aromatic rings. The maximum atomic E-state index is 11.8. The number of nitrogens with one attached hydrogen (secondary N) is 1. The third kappa shape index (κ3) is 3.12. The molecule has 9 heteroatoms. The number of alkyl halides is 3. The summed E-state index contributed by atoms with van der Waals surface area (Å²) in [6.45, 7) is 0. The molecule has 1 rings (SSSR count). The molecular weight excluding hydrogens is 346 g/mol. The van der Waals surface area contributed by atoms with Gasteiger partial charge < -0.3 is 9.84 Å². The molecule has 0 fully saturated rings. The Morgan fingerprint density at radius 1 is 1.50 bits per heavy atom. The normalized spacial score (nSPS) is 11.2. The lowest BCUT2D eigenvalue weighted by atomic mass is 10.3. The summed E-state index contributed by atoms with van der Waals surface area (Å²) in [6, 6.07) is 0.777. The highest BCUT2D eigenvalue weighted by Gasteiger charge is 2.32. The fourth-order valence-electron chi connectivity index (χ4n) is 0.885. The molecule has 0 aliphatic carbocycles. The zero-order valence-electron chi connectivity index (χ0n) is 7.26. The Labute approximate surface area is 99.4 Å². The minimum absolute atomic E-state index is 0.145. The number of hydrogen-bond acceptors (Lipinski definition) is 3. The Morgan fingerprint density at radius 3 is 2.44 bits per heavy atom. The summed E-state index contributed by atoms with van der Waals surface area (Å²) in [4.78, 5) is 23.3. The highest BCUT2D eigenvalue weighted by molar-refractivity contribution is 14.1. The average Bonchev–Trinajstić information content (AvgIpc) is 1.96. The summed E-state index contributed by atoms with van der Waals surface area (Å²) in [6.07, 6.45) is -4.95. The molecule has 0 spiro atoms. The summed E-state index contributed by atoms with van der Waals surface area (Å²) in [5.74, 6) is -2.38. The Hall–Kier alpha value is -1.26. The first kappa shape index (κ1) is 12.8. The number of pyridine rings is 1. The molecule has 2 N–H and O–H groups in total. The van der Waals surface area contributed by atoms with Crippen molar-refractivity contribution >= 4 is 28.6 Å². The van der Waals surface area contributed by atoms with Crippen LogP contribution < -0.4 is 10.3 Å². The summed E-state index contributed by atoms with van der Waals surface area (Å²) >= 11 is 1.43. The van der Waals surface area contributed by atoms with E-state index in [1.807, 2.05) is 0 Å². The van der Waals surface area contributed by atoms with Crippen molar-refractivity contribution in [3.05, 3.63) is 25.6 Å². The van der Waals surface area contributed by atoms with Crippen LogP contribution in [0.25, 0.3) is 0 Å². The van der Waals surface area contributed by atoms with E-state index in [2.05, 4.69) is 4.74 Å². The van der Waals surface area contributed by atoms with Crippen molar-refractivity contribution in [3.63, 3.8) is 0 Å². The molecule has 0 saturated heterocycles. The van der Waals surface area contributed by atoms with Gasteiger partial charge in [-0.1, -0.05) is 0 Å². The minimum Gasteiger partial charge on any atom is -0.477 e. The van der Waals surface area contributed by atoms with Gasteiger partial charge in [0.15, 0.2) is 0 Å². The second-order valence-corrected chi connectivity index (χ2v) is 3.70. The van der Waals surface area contributed by atoms with Crippen molar-refractivity contribution in [1.29, 1.82) is 0 Å². The van der Waals surface area contributed by atoms with Crippen LogP contribution in [-0.2, 0) is 0 Å². The predicted octanol–water partition coefficient (Wildman–Crippen LogP) is 1.58. The van der Waals surface area contributed by atoms with Crippen LogP contribution in [0.1, 0.15) is 10.4 Å². The van der Waals surface area contributed by atoms with E-state index in [-0.39, 0.29) is 3.57 Å². The Morgan fingerprint density at radius 2 is 2.06 bits per heavy atom. The van der Waals surface area contributed by atoms with Crippen LogP contribution >= 0.6 is 22.6 Å². The summed E-state index contributed by atoms with van der Waals surface area (Å²) in [7, 11) is 0. The zero-order valence-corrected chi connectivity index (χ0v) is 9.42. The van der Waals surface area contributed by atoms with E-state index in [0.29, 0.717) is 0 Å². The predicted molar refractivity (Wildman–Crippen MR) is 53.4 cm³/mol. The number of aromatic carboxylic acids is 1. The average molecular weight is 349 g/mol. The van der Waals surface area contributed by atoms with E-state index in [9.17, 15) is 22.8 Å². The van der Waals surface area contributed by atoms with E-state index in [1.165, 1.54) is 22.6 Å². The van der Waals surface area contributed by atoms with Gasteiger partial charge in [0.05, 0.1) is 0 Å². The molecule has 0 bridgehead atoms. The van der Waals surface area contributed by atoms with Gasteiger partial charge in [-0.05, 0) is 22.6 Å². The summed E-state index contributed by atoms with van der Waals surface area (Å²) in [5.41, 5.74) is -1.78. The van der Waals surface area contributed by atoms with Gasteiger partial charge in [-0.2, -0.15) is 0 Å². The Kier molecular flexibility index (Phi) is 3.45. The van der Waals surface area contributed by atoms with Crippen LogP contribution in [0.2, 0.25) is 0 Å². The number of aromatic amines is 1. The Balaban J connectivity index is 3.21. The van der Waals surface area contributed by atoms with E-state index >= 15 is 0 Å². The molecule has 0 radical (unpaired) electrons. The number of halogens is 4. The zero-order chi connectivity index (χ0) is 12.5. The second-order valence-electron chi connectivity index (χ2n) is 2.54. The van der Waals surface area contributed by atoms with Gasteiger partial charge in [0.2, 0.25) is 5.88 Å². The first-order chi connectivity index (χ1) is 7.20. The van der Waals surface area contributed by atoms with Gasteiger partial charge in [-0.15, -0.1) is 13.2 Å². The molecular formula is C7H3F3INO4. The highest BCUT2D eigenvalue weighted by atomic mass is 127. The lowest BCUT2D eigenvalue weighted by Crippen LogP contribution is -2.24. The Bertz CT molecular complexity index is 482. The van der Waals surface area contributed by atoms with Crippen molar-refractivity contribution in [3.8, 4) is 5.88 Å². The number of ether oxygens (including phenoxy) is 1. The fraction of sp³-hybridized carbons (Fsp3) is 0.143. The SMILES string of the molecule is O=C(O)c1c(I)cc(OC(F)(F)F)[nH]c1=O. The second kappa shape index (κ2) is 4.31. The molecule has 1 heterocycles. The highest BCUT2D eigenvalue weighted by Crippen LogP contribution is 2.21. The number of carboxylic acid groups (broad SMARTS) is 1. The van der Waals surface area contributed by atoms with Gasteiger partial charge in [0.25, 0.3) is 5.56 Å². The molecule has 16 heavy (non-hydrogen) atoms. The first-order valence-electron chi connectivity index (χ1n) is 3.62. The number of aromatic nitrogens is 1.